The van der Waals surface area contributed by atoms with Crippen molar-refractivity contribution >= 4 is 29.3 Å². The van der Waals surface area contributed by atoms with Gasteiger partial charge in [0.25, 0.3) is 0 Å². The third kappa shape index (κ3) is 4.34. The van der Waals surface area contributed by atoms with Crippen molar-refractivity contribution in [2.24, 2.45) is 0 Å². The van der Waals surface area contributed by atoms with Gasteiger partial charge in [0.15, 0.2) is 5.69 Å². The molecule has 1 amide bonds. The van der Waals surface area contributed by atoms with E-state index in [0.29, 0.717) is 13.1 Å². The van der Waals surface area contributed by atoms with Gasteiger partial charge in [-0.05, 0) is 68.8 Å². The highest BCUT2D eigenvalue weighted by Gasteiger charge is 2.44. The Bertz CT molecular complexity index is 1040. The number of amides is 1. The number of piperidine rings is 1. The lowest BCUT2D eigenvalue weighted by Gasteiger charge is -2.45. The van der Waals surface area contributed by atoms with Gasteiger partial charge in [0, 0.05) is 55.2 Å². The number of anilines is 1. The second-order valence-electron chi connectivity index (χ2n) is 9.44. The van der Waals surface area contributed by atoms with Crippen LogP contribution in [-0.4, -0.2) is 74.9 Å². The lowest BCUT2D eigenvalue weighted by atomic mass is 9.84. The van der Waals surface area contributed by atoms with Crippen molar-refractivity contribution in [2.75, 3.05) is 37.6 Å². The van der Waals surface area contributed by atoms with Crippen LogP contribution in [0.25, 0.3) is 0 Å². The molecule has 3 aliphatic rings. The van der Waals surface area contributed by atoms with Gasteiger partial charge in [-0.15, -0.1) is 0 Å². The Morgan fingerprint density at radius 2 is 1.76 bits per heavy atom. The molecule has 33 heavy (non-hydrogen) atoms. The quantitative estimate of drug-likeness (QED) is 0.727. The van der Waals surface area contributed by atoms with Gasteiger partial charge in [-0.1, -0.05) is 17.7 Å². The molecular weight excluding hydrogens is 442 g/mol. The van der Waals surface area contributed by atoms with Crippen molar-refractivity contribution in [1.29, 1.82) is 0 Å². The minimum absolute atomic E-state index is 0.106. The standard InChI is InChI=1S/C24H30ClN5O3/c25-19-5-4-18(21(16-19)27-10-1-2-11-27)17-29-12-3-7-24(29)8-14-28(15-9-24)23(33)30-13-6-20(26-30)22(31)32/h4-6,13,16H,1-3,7-12,14-15,17H2,(H,31,32). The first-order chi connectivity index (χ1) is 15.9. The summed E-state index contributed by atoms with van der Waals surface area (Å²) < 4.78 is 1.14. The van der Waals surface area contributed by atoms with Gasteiger partial charge in [0.05, 0.1) is 0 Å². The van der Waals surface area contributed by atoms with Crippen molar-refractivity contribution in [3.05, 3.63) is 46.7 Å². The predicted molar refractivity (Wildman–Crippen MR) is 126 cm³/mol. The fraction of sp³-hybridized carbons (Fsp3) is 0.542. The zero-order chi connectivity index (χ0) is 23.0. The third-order valence-electron chi connectivity index (χ3n) is 7.57. The van der Waals surface area contributed by atoms with E-state index in [2.05, 4.69) is 27.0 Å². The molecule has 0 radical (unpaired) electrons. The van der Waals surface area contributed by atoms with Gasteiger partial charge >= 0.3 is 12.0 Å². The lowest BCUT2D eigenvalue weighted by Crippen LogP contribution is -2.53. The molecule has 8 nitrogen and oxygen atoms in total. The number of rotatable bonds is 4. The van der Waals surface area contributed by atoms with Crippen LogP contribution in [0.1, 0.15) is 54.6 Å². The van der Waals surface area contributed by atoms with Gasteiger partial charge in [0.1, 0.15) is 0 Å². The molecule has 1 aromatic carbocycles. The van der Waals surface area contributed by atoms with E-state index in [9.17, 15) is 9.59 Å². The summed E-state index contributed by atoms with van der Waals surface area (Å²) in [6.45, 7) is 5.45. The van der Waals surface area contributed by atoms with E-state index in [4.69, 9.17) is 16.7 Å². The average Bonchev–Trinajstić information content (AvgIpc) is 3.57. The van der Waals surface area contributed by atoms with E-state index in [1.807, 2.05) is 6.07 Å². The number of carbonyl (C=O) groups excluding carboxylic acids is 1. The molecule has 0 bridgehead atoms. The van der Waals surface area contributed by atoms with E-state index >= 15 is 0 Å². The molecule has 2 aromatic rings. The Morgan fingerprint density at radius 1 is 1.00 bits per heavy atom. The third-order valence-corrected chi connectivity index (χ3v) is 7.80. The molecule has 4 heterocycles. The van der Waals surface area contributed by atoms with E-state index < -0.39 is 5.97 Å². The smallest absolute Gasteiger partial charge is 0.356 e. The van der Waals surface area contributed by atoms with E-state index in [1.165, 1.54) is 42.8 Å². The van der Waals surface area contributed by atoms with E-state index in [1.54, 1.807) is 4.90 Å². The van der Waals surface area contributed by atoms with Gasteiger partial charge in [-0.3, -0.25) is 4.90 Å². The molecule has 176 valence electrons. The number of benzene rings is 1. The van der Waals surface area contributed by atoms with Crippen LogP contribution >= 0.6 is 11.6 Å². The molecule has 0 atom stereocenters. The van der Waals surface area contributed by atoms with Crippen LogP contribution in [0.3, 0.4) is 0 Å². The number of likely N-dealkylation sites (tertiary alicyclic amines) is 2. The number of aromatic nitrogens is 2. The van der Waals surface area contributed by atoms with Gasteiger partial charge < -0.3 is 14.9 Å². The fourth-order valence-corrected chi connectivity index (χ4v) is 5.91. The highest BCUT2D eigenvalue weighted by Crippen LogP contribution is 2.41. The summed E-state index contributed by atoms with van der Waals surface area (Å²) in [5, 5.41) is 13.8. The van der Waals surface area contributed by atoms with Crippen LogP contribution in [0, 0.1) is 0 Å². The Labute approximate surface area is 198 Å². The van der Waals surface area contributed by atoms with Gasteiger partial charge in [-0.25, -0.2) is 9.59 Å². The van der Waals surface area contributed by atoms with Crippen molar-refractivity contribution in [3.63, 3.8) is 0 Å². The lowest BCUT2D eigenvalue weighted by molar-refractivity contribution is 0.0585. The first kappa shape index (κ1) is 22.2. The average molecular weight is 472 g/mol. The highest BCUT2D eigenvalue weighted by molar-refractivity contribution is 6.30. The minimum atomic E-state index is -1.13. The number of hydrogen-bond acceptors (Lipinski definition) is 5. The molecule has 3 aliphatic heterocycles. The summed E-state index contributed by atoms with van der Waals surface area (Å²) in [4.78, 5) is 30.8. The molecular formula is C24H30ClN5O3. The Kier molecular flexibility index (Phi) is 6.05. The SMILES string of the molecule is O=C(O)c1ccn(C(=O)N2CCC3(CCCN3Cc3ccc(Cl)cc3N3CCCC3)CC2)n1. The summed E-state index contributed by atoms with van der Waals surface area (Å²) in [5.41, 5.74) is 2.59. The first-order valence-corrected chi connectivity index (χ1v) is 12.2. The van der Waals surface area contributed by atoms with Crippen LogP contribution in [0.15, 0.2) is 30.5 Å². The maximum Gasteiger partial charge on any atom is 0.356 e. The van der Waals surface area contributed by atoms with Crippen molar-refractivity contribution < 1.29 is 14.7 Å². The molecule has 0 saturated carbocycles. The Morgan fingerprint density at radius 3 is 2.45 bits per heavy atom. The Balaban J connectivity index is 1.28. The number of hydrogen-bond donors (Lipinski definition) is 1. The van der Waals surface area contributed by atoms with Crippen LogP contribution < -0.4 is 4.90 Å². The maximum atomic E-state index is 12.8. The highest BCUT2D eigenvalue weighted by atomic mass is 35.5. The number of carboxylic acid groups (broad SMARTS) is 1. The topological polar surface area (TPSA) is 81.9 Å². The molecule has 0 aliphatic carbocycles. The number of carbonyl (C=O) groups is 2. The van der Waals surface area contributed by atoms with Crippen molar-refractivity contribution in [1.82, 2.24) is 19.6 Å². The molecule has 9 heteroatoms. The van der Waals surface area contributed by atoms with E-state index in [-0.39, 0.29) is 17.3 Å². The number of nitrogens with zero attached hydrogens (tertiary/aromatic N) is 5. The summed E-state index contributed by atoms with van der Waals surface area (Å²) >= 11 is 6.35. The fourth-order valence-electron chi connectivity index (χ4n) is 5.74. The van der Waals surface area contributed by atoms with Crippen LogP contribution in [0.5, 0.6) is 0 Å². The minimum Gasteiger partial charge on any atom is -0.476 e. The van der Waals surface area contributed by atoms with Crippen LogP contribution in [0.2, 0.25) is 5.02 Å². The normalized spacial score (nSPS) is 20.6. The van der Waals surface area contributed by atoms with Gasteiger partial charge in [-0.2, -0.15) is 9.78 Å². The molecule has 0 unspecified atom stereocenters. The molecule has 3 saturated heterocycles. The zero-order valence-corrected chi connectivity index (χ0v) is 19.5. The van der Waals surface area contributed by atoms with Crippen molar-refractivity contribution in [2.45, 2.75) is 50.6 Å². The first-order valence-electron chi connectivity index (χ1n) is 11.8. The number of halogens is 1. The summed E-state index contributed by atoms with van der Waals surface area (Å²) in [5.74, 6) is -1.13. The second-order valence-corrected chi connectivity index (χ2v) is 9.87. The second kappa shape index (κ2) is 8.99. The van der Waals surface area contributed by atoms with Crippen molar-refractivity contribution in [3.8, 4) is 0 Å². The largest absolute Gasteiger partial charge is 0.476 e. The summed E-state index contributed by atoms with van der Waals surface area (Å²) in [7, 11) is 0. The zero-order valence-electron chi connectivity index (χ0n) is 18.7. The molecule has 5 rings (SSSR count). The summed E-state index contributed by atoms with van der Waals surface area (Å²) in [6.07, 6.45) is 8.03. The van der Waals surface area contributed by atoms with E-state index in [0.717, 1.165) is 55.1 Å². The summed E-state index contributed by atoms with van der Waals surface area (Å²) in [6, 6.07) is 7.39. The monoisotopic (exact) mass is 471 g/mol. The van der Waals surface area contributed by atoms with Gasteiger partial charge in [0.2, 0.25) is 0 Å². The molecule has 1 aromatic heterocycles. The number of aromatic carboxylic acids is 1. The predicted octanol–water partition coefficient (Wildman–Crippen LogP) is 3.93. The maximum absolute atomic E-state index is 12.8. The molecule has 1 N–H and O–H groups in total. The van der Waals surface area contributed by atoms with Crippen LogP contribution in [-0.2, 0) is 6.54 Å². The number of carboxylic acids is 1. The van der Waals surface area contributed by atoms with Crippen LogP contribution in [0.4, 0.5) is 10.5 Å². The Hall–Kier alpha value is -2.58. The molecule has 1 spiro atoms. The molecule has 3 fully saturated rings.